The molecule has 1 aliphatic rings. The van der Waals surface area contributed by atoms with E-state index in [4.69, 9.17) is 11.1 Å². The number of amidine groups is 1. The molecular formula is C13H21N5. The van der Waals surface area contributed by atoms with Gasteiger partial charge < -0.3 is 10.6 Å². The highest BCUT2D eigenvalue weighted by atomic mass is 15.2. The molecule has 98 valence electrons. The molecule has 0 saturated carbocycles. The lowest BCUT2D eigenvalue weighted by Crippen LogP contribution is -2.29. The maximum atomic E-state index is 7.58. The average Bonchev–Trinajstić information content (AvgIpc) is 2.83. The van der Waals surface area contributed by atoms with E-state index < -0.39 is 0 Å². The first-order valence-electron chi connectivity index (χ1n) is 6.52. The maximum absolute atomic E-state index is 7.58. The molecule has 0 aromatic carbocycles. The second-order valence-electron chi connectivity index (χ2n) is 5.02. The van der Waals surface area contributed by atoms with E-state index in [1.165, 1.54) is 19.3 Å². The van der Waals surface area contributed by atoms with Gasteiger partial charge in [-0.2, -0.15) is 0 Å². The molecule has 0 amide bonds. The summed E-state index contributed by atoms with van der Waals surface area (Å²) in [5.74, 6) is 0.748. The van der Waals surface area contributed by atoms with Crippen LogP contribution in [0.4, 0.5) is 5.82 Å². The van der Waals surface area contributed by atoms with Gasteiger partial charge in [-0.15, -0.1) is 0 Å². The number of rotatable bonds is 4. The van der Waals surface area contributed by atoms with Gasteiger partial charge in [0.1, 0.15) is 11.5 Å². The van der Waals surface area contributed by atoms with Crippen LogP contribution in [0.1, 0.15) is 38.8 Å². The number of nitrogens with one attached hydrogen (secondary N) is 1. The first kappa shape index (κ1) is 12.8. The lowest BCUT2D eigenvalue weighted by molar-refractivity contribution is 0.301. The Labute approximate surface area is 108 Å². The van der Waals surface area contributed by atoms with Gasteiger partial charge in [-0.3, -0.25) is 5.41 Å². The summed E-state index contributed by atoms with van der Waals surface area (Å²) in [6.45, 7) is 6.45. The summed E-state index contributed by atoms with van der Waals surface area (Å²) in [5, 5.41) is 7.58. The molecule has 1 aromatic heterocycles. The van der Waals surface area contributed by atoms with Crippen molar-refractivity contribution in [1.29, 1.82) is 5.41 Å². The van der Waals surface area contributed by atoms with E-state index in [-0.39, 0.29) is 5.84 Å². The monoisotopic (exact) mass is 247 g/mol. The summed E-state index contributed by atoms with van der Waals surface area (Å²) in [5.41, 5.74) is 6.45. The molecule has 0 aliphatic carbocycles. The highest BCUT2D eigenvalue weighted by Gasteiger charge is 2.36. The second-order valence-corrected chi connectivity index (χ2v) is 5.02. The Kier molecular flexibility index (Phi) is 3.50. The third-order valence-electron chi connectivity index (χ3n) is 4.17. The molecule has 0 bridgehead atoms. The third kappa shape index (κ3) is 2.17. The van der Waals surface area contributed by atoms with Crippen LogP contribution in [0, 0.1) is 10.8 Å². The van der Waals surface area contributed by atoms with Crippen LogP contribution in [0.3, 0.4) is 0 Å². The van der Waals surface area contributed by atoms with Crippen molar-refractivity contribution in [3.8, 4) is 0 Å². The molecule has 18 heavy (non-hydrogen) atoms. The van der Waals surface area contributed by atoms with Gasteiger partial charge in [0, 0.05) is 25.5 Å². The van der Waals surface area contributed by atoms with Gasteiger partial charge in [0.05, 0.1) is 0 Å². The summed E-state index contributed by atoms with van der Waals surface area (Å²) < 4.78 is 0. The Morgan fingerprint density at radius 3 is 2.61 bits per heavy atom. The SMILES string of the molecule is CCC1(CC)CCN(c2nccnc2C(=N)N)C1. The molecular weight excluding hydrogens is 226 g/mol. The van der Waals surface area contributed by atoms with Crippen LogP contribution in [0.25, 0.3) is 0 Å². The molecule has 2 heterocycles. The first-order chi connectivity index (χ1) is 8.62. The van der Waals surface area contributed by atoms with Gasteiger partial charge in [0.2, 0.25) is 0 Å². The molecule has 1 fully saturated rings. The van der Waals surface area contributed by atoms with Crippen LogP contribution >= 0.6 is 0 Å². The Hall–Kier alpha value is -1.65. The summed E-state index contributed by atoms with van der Waals surface area (Å²) in [4.78, 5) is 10.7. The fourth-order valence-electron chi connectivity index (χ4n) is 2.70. The molecule has 0 spiro atoms. The molecule has 5 nitrogen and oxygen atoms in total. The molecule has 5 heteroatoms. The predicted molar refractivity (Wildman–Crippen MR) is 72.9 cm³/mol. The standard InChI is InChI=1S/C13H21N5/c1-3-13(4-2)5-8-18(9-13)12-10(11(14)15)16-6-7-17-12/h6-7H,3-5,8-9H2,1-2H3,(H3,14,15). The minimum absolute atomic E-state index is 0.0106. The number of hydrogen-bond donors (Lipinski definition) is 2. The molecule has 2 rings (SSSR count). The van der Waals surface area contributed by atoms with E-state index >= 15 is 0 Å². The van der Waals surface area contributed by atoms with Gasteiger partial charge >= 0.3 is 0 Å². The van der Waals surface area contributed by atoms with Crippen molar-refractivity contribution in [1.82, 2.24) is 9.97 Å². The summed E-state index contributed by atoms with van der Waals surface area (Å²) in [6.07, 6.45) is 6.78. The van der Waals surface area contributed by atoms with Gasteiger partial charge in [-0.05, 0) is 24.7 Å². The topological polar surface area (TPSA) is 78.9 Å². The quantitative estimate of drug-likeness (QED) is 0.628. The maximum Gasteiger partial charge on any atom is 0.158 e. The van der Waals surface area contributed by atoms with Crippen molar-refractivity contribution in [3.63, 3.8) is 0 Å². The van der Waals surface area contributed by atoms with Gasteiger partial charge in [0.25, 0.3) is 0 Å². The molecule has 0 radical (unpaired) electrons. The van der Waals surface area contributed by atoms with Crippen LogP contribution in [0.5, 0.6) is 0 Å². The molecule has 1 aromatic rings. The normalized spacial score (nSPS) is 18.0. The van der Waals surface area contributed by atoms with Gasteiger partial charge in [0.15, 0.2) is 5.82 Å². The van der Waals surface area contributed by atoms with E-state index in [9.17, 15) is 0 Å². The van der Waals surface area contributed by atoms with Crippen molar-refractivity contribution in [2.75, 3.05) is 18.0 Å². The summed E-state index contributed by atoms with van der Waals surface area (Å²) >= 11 is 0. The van der Waals surface area contributed by atoms with Crippen LogP contribution in [0.2, 0.25) is 0 Å². The lowest BCUT2D eigenvalue weighted by atomic mass is 9.82. The number of aromatic nitrogens is 2. The van der Waals surface area contributed by atoms with Gasteiger partial charge in [-0.1, -0.05) is 13.8 Å². The van der Waals surface area contributed by atoms with Crippen molar-refractivity contribution < 1.29 is 0 Å². The average molecular weight is 247 g/mol. The lowest BCUT2D eigenvalue weighted by Gasteiger charge is -2.27. The zero-order valence-electron chi connectivity index (χ0n) is 11.1. The van der Waals surface area contributed by atoms with Gasteiger partial charge in [-0.25, -0.2) is 9.97 Å². The van der Waals surface area contributed by atoms with Crippen molar-refractivity contribution in [3.05, 3.63) is 18.1 Å². The smallest absolute Gasteiger partial charge is 0.158 e. The largest absolute Gasteiger partial charge is 0.382 e. The second kappa shape index (κ2) is 4.92. The molecule has 0 atom stereocenters. The number of nitrogens with zero attached hydrogens (tertiary/aromatic N) is 3. The van der Waals surface area contributed by atoms with Crippen LogP contribution in [-0.4, -0.2) is 28.9 Å². The molecule has 3 N–H and O–H groups in total. The third-order valence-corrected chi connectivity index (χ3v) is 4.17. The highest BCUT2D eigenvalue weighted by Crippen LogP contribution is 2.38. The Morgan fingerprint density at radius 2 is 2.06 bits per heavy atom. The first-order valence-corrected chi connectivity index (χ1v) is 6.52. The predicted octanol–water partition coefficient (Wildman–Crippen LogP) is 1.78. The van der Waals surface area contributed by atoms with E-state index in [2.05, 4.69) is 28.7 Å². The minimum Gasteiger partial charge on any atom is -0.382 e. The zero-order valence-corrected chi connectivity index (χ0v) is 11.1. The minimum atomic E-state index is -0.0106. The zero-order chi connectivity index (χ0) is 13.2. The highest BCUT2D eigenvalue weighted by molar-refractivity contribution is 5.97. The van der Waals surface area contributed by atoms with E-state index in [0.29, 0.717) is 11.1 Å². The summed E-state index contributed by atoms with van der Waals surface area (Å²) in [6, 6.07) is 0. The fourth-order valence-corrected chi connectivity index (χ4v) is 2.70. The number of nitrogens with two attached hydrogens (primary N) is 1. The molecule has 0 unspecified atom stereocenters. The number of nitrogen functional groups attached to an aromatic ring is 1. The summed E-state index contributed by atoms with van der Waals surface area (Å²) in [7, 11) is 0. The Bertz CT molecular complexity index is 439. The molecule has 1 aliphatic heterocycles. The van der Waals surface area contributed by atoms with Crippen molar-refractivity contribution in [2.24, 2.45) is 11.1 Å². The molecule has 1 saturated heterocycles. The number of hydrogen-bond acceptors (Lipinski definition) is 4. The van der Waals surface area contributed by atoms with Crippen LogP contribution in [-0.2, 0) is 0 Å². The Balaban J connectivity index is 2.27. The number of anilines is 1. The van der Waals surface area contributed by atoms with Crippen LogP contribution < -0.4 is 10.6 Å². The Morgan fingerprint density at radius 1 is 1.39 bits per heavy atom. The van der Waals surface area contributed by atoms with E-state index in [1.807, 2.05) is 0 Å². The fraction of sp³-hybridized carbons (Fsp3) is 0.615. The van der Waals surface area contributed by atoms with E-state index in [1.54, 1.807) is 12.4 Å². The van der Waals surface area contributed by atoms with Crippen molar-refractivity contribution >= 4 is 11.7 Å². The van der Waals surface area contributed by atoms with Crippen molar-refractivity contribution in [2.45, 2.75) is 33.1 Å². The van der Waals surface area contributed by atoms with Crippen LogP contribution in [0.15, 0.2) is 12.4 Å². The van der Waals surface area contributed by atoms with E-state index in [0.717, 1.165) is 18.9 Å².